The van der Waals surface area contributed by atoms with Crippen molar-refractivity contribution in [3.8, 4) is 11.3 Å². The lowest BCUT2D eigenvalue weighted by Gasteiger charge is -2.22. The summed E-state index contributed by atoms with van der Waals surface area (Å²) < 4.78 is 2.14. The number of carbonyl (C=O) groups is 1. The summed E-state index contributed by atoms with van der Waals surface area (Å²) >= 11 is 0. The minimum atomic E-state index is -0.0196. The topological polar surface area (TPSA) is 88.0 Å². The van der Waals surface area contributed by atoms with E-state index in [2.05, 4.69) is 27.2 Å². The third kappa shape index (κ3) is 4.86. The Hall–Kier alpha value is -3.16. The van der Waals surface area contributed by atoms with E-state index in [9.17, 15) is 4.79 Å². The highest BCUT2D eigenvalue weighted by atomic mass is 16.2. The van der Waals surface area contributed by atoms with Crippen molar-refractivity contribution in [2.75, 3.05) is 30.3 Å². The van der Waals surface area contributed by atoms with Crippen LogP contribution in [0.1, 0.15) is 70.8 Å². The molecule has 2 aliphatic rings. The number of urea groups is 1. The van der Waals surface area contributed by atoms with Gasteiger partial charge in [-0.15, -0.1) is 0 Å². The summed E-state index contributed by atoms with van der Waals surface area (Å²) in [6.45, 7) is 4.73. The van der Waals surface area contributed by atoms with Crippen molar-refractivity contribution in [1.82, 2.24) is 24.6 Å². The number of anilines is 2. The smallest absolute Gasteiger partial charge is 0.321 e. The minimum absolute atomic E-state index is 0.0196. The molecule has 1 aromatic carbocycles. The van der Waals surface area contributed by atoms with Gasteiger partial charge in [0, 0.05) is 37.1 Å². The summed E-state index contributed by atoms with van der Waals surface area (Å²) in [7, 11) is 0. The fourth-order valence-corrected chi connectivity index (χ4v) is 5.01. The summed E-state index contributed by atoms with van der Waals surface area (Å²) in [5.41, 5.74) is 3.62. The number of nitrogens with one attached hydrogen (secondary N) is 2. The number of nitrogens with zero attached hydrogens (tertiary/aromatic N) is 5. The van der Waals surface area contributed by atoms with Crippen LogP contribution in [-0.2, 0) is 0 Å². The maximum Gasteiger partial charge on any atom is 0.321 e. The fraction of sp³-hybridized carbons (Fsp3) is 0.538. The number of carbonyl (C=O) groups excluding carboxylic acids is 1. The van der Waals surface area contributed by atoms with Gasteiger partial charge in [0.25, 0.3) is 0 Å². The van der Waals surface area contributed by atoms with Crippen LogP contribution in [0.3, 0.4) is 0 Å². The predicted octanol–water partition coefficient (Wildman–Crippen LogP) is 5.84. The number of amides is 2. The first kappa shape index (κ1) is 22.6. The Balaban J connectivity index is 1.43. The Morgan fingerprint density at radius 2 is 1.82 bits per heavy atom. The van der Waals surface area contributed by atoms with Crippen molar-refractivity contribution < 1.29 is 4.79 Å². The molecular formula is C26H35N7O. The average molecular weight is 462 g/mol. The number of benzene rings is 1. The molecule has 1 aliphatic carbocycles. The fourth-order valence-electron chi connectivity index (χ4n) is 5.01. The van der Waals surface area contributed by atoms with E-state index in [0.29, 0.717) is 12.0 Å². The zero-order valence-electron chi connectivity index (χ0n) is 20.1. The van der Waals surface area contributed by atoms with Gasteiger partial charge in [-0.25, -0.2) is 14.5 Å². The normalized spacial score (nSPS) is 16.8. The Morgan fingerprint density at radius 3 is 2.56 bits per heavy atom. The zero-order chi connectivity index (χ0) is 23.3. The molecule has 2 N–H and O–H groups in total. The van der Waals surface area contributed by atoms with Gasteiger partial charge in [0.15, 0.2) is 5.65 Å². The molecule has 0 atom stereocenters. The maximum atomic E-state index is 12.4. The van der Waals surface area contributed by atoms with Gasteiger partial charge in [-0.2, -0.15) is 10.1 Å². The second-order valence-corrected chi connectivity index (χ2v) is 9.50. The third-order valence-electron chi connectivity index (χ3n) is 6.99. The first-order valence-corrected chi connectivity index (χ1v) is 12.9. The quantitative estimate of drug-likeness (QED) is 0.432. The van der Waals surface area contributed by atoms with Crippen LogP contribution in [0.5, 0.6) is 0 Å². The SMILES string of the molecule is CCCCNc1ncc2c(-c3ccc(NC(=O)N4CCCC4)cc3)nn(C3CCCCC3)c2n1. The molecule has 0 bridgehead atoms. The number of hydrogen-bond acceptors (Lipinski definition) is 5. The van der Waals surface area contributed by atoms with Crippen LogP contribution in [0.4, 0.5) is 16.4 Å². The molecule has 3 aromatic rings. The number of aromatic nitrogens is 4. The van der Waals surface area contributed by atoms with E-state index in [4.69, 9.17) is 10.1 Å². The van der Waals surface area contributed by atoms with Crippen LogP contribution >= 0.6 is 0 Å². The Morgan fingerprint density at radius 1 is 1.06 bits per heavy atom. The highest BCUT2D eigenvalue weighted by Gasteiger charge is 2.23. The molecule has 8 nitrogen and oxygen atoms in total. The summed E-state index contributed by atoms with van der Waals surface area (Å²) in [6.07, 6.45) is 12.3. The van der Waals surface area contributed by atoms with Crippen molar-refractivity contribution in [1.29, 1.82) is 0 Å². The lowest BCUT2D eigenvalue weighted by Crippen LogP contribution is -2.32. The molecule has 34 heavy (non-hydrogen) atoms. The van der Waals surface area contributed by atoms with E-state index in [-0.39, 0.29) is 6.03 Å². The first-order valence-electron chi connectivity index (χ1n) is 12.9. The number of unbranched alkanes of at least 4 members (excludes halogenated alkanes) is 1. The molecule has 0 radical (unpaired) electrons. The molecule has 8 heteroatoms. The van der Waals surface area contributed by atoms with Crippen molar-refractivity contribution in [3.63, 3.8) is 0 Å². The van der Waals surface area contributed by atoms with E-state index in [0.717, 1.165) is 86.1 Å². The molecule has 2 aromatic heterocycles. The van der Waals surface area contributed by atoms with Gasteiger partial charge in [-0.05, 0) is 44.2 Å². The third-order valence-corrected chi connectivity index (χ3v) is 6.99. The van der Waals surface area contributed by atoms with E-state index in [1.54, 1.807) is 0 Å². The molecule has 1 saturated heterocycles. The summed E-state index contributed by atoms with van der Waals surface area (Å²) in [6, 6.07) is 8.32. The Bertz CT molecular complexity index is 1110. The molecule has 0 spiro atoms. The highest BCUT2D eigenvalue weighted by molar-refractivity contribution is 5.93. The van der Waals surface area contributed by atoms with Crippen LogP contribution in [-0.4, -0.2) is 50.3 Å². The number of rotatable bonds is 7. The number of likely N-dealkylation sites (tertiary alicyclic amines) is 1. The van der Waals surface area contributed by atoms with E-state index in [1.807, 2.05) is 35.4 Å². The van der Waals surface area contributed by atoms with Gasteiger partial charge < -0.3 is 15.5 Å². The van der Waals surface area contributed by atoms with Gasteiger partial charge in [0.05, 0.1) is 11.4 Å². The summed E-state index contributed by atoms with van der Waals surface area (Å²) in [4.78, 5) is 23.8. The van der Waals surface area contributed by atoms with E-state index >= 15 is 0 Å². The average Bonchev–Trinajstić information content (AvgIpc) is 3.54. The second-order valence-electron chi connectivity index (χ2n) is 9.50. The Kier molecular flexibility index (Phi) is 6.92. The molecule has 3 heterocycles. The zero-order valence-corrected chi connectivity index (χ0v) is 20.1. The predicted molar refractivity (Wildman–Crippen MR) is 136 cm³/mol. The maximum absolute atomic E-state index is 12.4. The first-order chi connectivity index (χ1) is 16.7. The molecular weight excluding hydrogens is 426 g/mol. The van der Waals surface area contributed by atoms with Gasteiger partial charge in [-0.1, -0.05) is 44.7 Å². The number of fused-ring (bicyclic) bond motifs is 1. The van der Waals surface area contributed by atoms with Gasteiger partial charge >= 0.3 is 6.03 Å². The standard InChI is InChI=1S/C26H35N7O/c1-2-3-15-27-25-28-18-22-23(31-33(24(22)30-25)21-9-5-4-6-10-21)19-11-13-20(14-12-19)29-26(34)32-16-7-8-17-32/h11-14,18,21H,2-10,15-17H2,1H3,(H,29,34)(H,27,28,30). The lowest BCUT2D eigenvalue weighted by atomic mass is 9.96. The molecule has 2 amide bonds. The lowest BCUT2D eigenvalue weighted by molar-refractivity contribution is 0.222. The monoisotopic (exact) mass is 461 g/mol. The van der Waals surface area contributed by atoms with Crippen LogP contribution in [0.15, 0.2) is 30.5 Å². The molecule has 180 valence electrons. The van der Waals surface area contributed by atoms with Crippen LogP contribution < -0.4 is 10.6 Å². The van der Waals surface area contributed by atoms with Crippen LogP contribution in [0.25, 0.3) is 22.3 Å². The molecule has 0 unspecified atom stereocenters. The molecule has 1 saturated carbocycles. The van der Waals surface area contributed by atoms with Crippen molar-refractivity contribution in [3.05, 3.63) is 30.5 Å². The van der Waals surface area contributed by atoms with Crippen LogP contribution in [0.2, 0.25) is 0 Å². The minimum Gasteiger partial charge on any atom is -0.354 e. The summed E-state index contributed by atoms with van der Waals surface area (Å²) in [5.74, 6) is 0.671. The summed E-state index contributed by atoms with van der Waals surface area (Å²) in [5, 5.41) is 12.4. The van der Waals surface area contributed by atoms with Gasteiger partial charge in [-0.3, -0.25) is 0 Å². The van der Waals surface area contributed by atoms with Crippen molar-refractivity contribution in [2.45, 2.75) is 70.8 Å². The highest BCUT2D eigenvalue weighted by Crippen LogP contribution is 2.34. The van der Waals surface area contributed by atoms with Gasteiger partial charge in [0.2, 0.25) is 5.95 Å². The van der Waals surface area contributed by atoms with Gasteiger partial charge in [0.1, 0.15) is 5.69 Å². The Labute approximate surface area is 201 Å². The molecule has 5 rings (SSSR count). The van der Waals surface area contributed by atoms with E-state index in [1.165, 1.54) is 19.3 Å². The van der Waals surface area contributed by atoms with Crippen molar-refractivity contribution in [2.24, 2.45) is 0 Å². The second kappa shape index (κ2) is 10.4. The molecule has 1 aliphatic heterocycles. The van der Waals surface area contributed by atoms with Crippen LogP contribution in [0, 0.1) is 0 Å². The largest absolute Gasteiger partial charge is 0.354 e. The van der Waals surface area contributed by atoms with E-state index < -0.39 is 0 Å². The van der Waals surface area contributed by atoms with Crippen molar-refractivity contribution >= 4 is 28.7 Å². The number of hydrogen-bond donors (Lipinski definition) is 2. The molecule has 2 fully saturated rings.